The molecule has 30 nitrogen and oxygen atoms in total. The summed E-state index contributed by atoms with van der Waals surface area (Å²) in [4.78, 5) is 33.7. The van der Waals surface area contributed by atoms with Gasteiger partial charge in [0.25, 0.3) is 0 Å². The maximum Gasteiger partial charge on any atom is 0.386 e. The molecule has 4 saturated heterocycles. The fourth-order valence-electron chi connectivity index (χ4n) is 10.7. The van der Waals surface area contributed by atoms with Crippen molar-refractivity contribution in [1.82, 2.24) is 58.4 Å². The summed E-state index contributed by atoms with van der Waals surface area (Å²) >= 11 is 0. The number of rotatable bonds is 10. The zero-order chi connectivity index (χ0) is 58.0. The number of hydrogen-bond donors (Lipinski definition) is 10. The monoisotopic (exact) mass is 1120 g/mol. The van der Waals surface area contributed by atoms with E-state index < -0.39 is 41.5 Å². The van der Waals surface area contributed by atoms with Crippen LogP contribution in [-0.4, -0.2) is 157 Å². The number of fused-ring (bicyclic) bond motifs is 4. The molecule has 4 fully saturated rings. The van der Waals surface area contributed by atoms with Gasteiger partial charge in [0.15, 0.2) is 42.3 Å². The van der Waals surface area contributed by atoms with Gasteiger partial charge in [0, 0.05) is 6.42 Å². The van der Waals surface area contributed by atoms with Gasteiger partial charge >= 0.3 is 11.4 Å². The molecule has 0 spiro atoms. The predicted octanol–water partition coefficient (Wildman–Crippen LogP) is 1.70. The molecule has 14 N–H and O–H groups in total. The van der Waals surface area contributed by atoms with E-state index >= 15 is 0 Å². The molecule has 4 aliphatic heterocycles. The molecule has 0 aromatic carbocycles. The topological polar surface area (TPSA) is 421 Å². The molecule has 12 heterocycles. The third-order valence-corrected chi connectivity index (χ3v) is 15.7. The fourth-order valence-corrected chi connectivity index (χ4v) is 10.7. The molecular weight excluding hydrogens is 1050 g/mol. The number of anilines is 4. The number of aliphatic hydroxyl groups excluding tert-OH is 5. The fraction of sp³-hybridized carbons (Fsp3) is 0.451. The van der Waals surface area contributed by atoms with Crippen molar-refractivity contribution < 1.29 is 54.5 Å². The van der Waals surface area contributed by atoms with E-state index in [0.717, 1.165) is 17.1 Å². The van der Waals surface area contributed by atoms with Crippen molar-refractivity contribution in [2.24, 2.45) is 22.9 Å². The Balaban J connectivity index is 0.000000130. The predicted molar refractivity (Wildman–Crippen MR) is 286 cm³/mol. The maximum absolute atomic E-state index is 11.3. The van der Waals surface area contributed by atoms with Crippen LogP contribution in [0.25, 0.3) is 31.8 Å². The number of nitrogens with zero attached hydrogens (tertiary/aromatic N) is 15. The number of nitrogens with two attached hydrogens (primary N) is 4. The smallest absolute Gasteiger partial charge is 0.386 e. The largest absolute Gasteiger partial charge is 0.411 e. The highest BCUT2D eigenvalue weighted by Gasteiger charge is 2.56. The van der Waals surface area contributed by atoms with Gasteiger partial charge in [-0.15, -0.1) is 0 Å². The van der Waals surface area contributed by atoms with Crippen molar-refractivity contribution in [1.29, 1.82) is 0 Å². The average Bonchev–Trinajstić information content (AvgIpc) is 4.53. The van der Waals surface area contributed by atoms with Gasteiger partial charge in [0.05, 0.1) is 48.1 Å². The van der Waals surface area contributed by atoms with Gasteiger partial charge in [-0.05, 0) is 79.6 Å². The number of hydrogen-bond acceptors (Lipinski definition) is 24. The van der Waals surface area contributed by atoms with Crippen molar-refractivity contribution in [2.75, 3.05) is 49.4 Å². The Morgan fingerprint density at radius 3 is 1.19 bits per heavy atom. The van der Waals surface area contributed by atoms with Crippen LogP contribution in [0.4, 0.5) is 23.3 Å². The third kappa shape index (κ3) is 10.1. The van der Waals surface area contributed by atoms with Crippen LogP contribution in [0.15, 0.2) is 79.0 Å². The first-order valence-corrected chi connectivity index (χ1v) is 25.5. The highest BCUT2D eigenvalue weighted by molar-refractivity contribution is 5.70. The number of carbonyl (C=O) groups is 1. The molecule has 12 atom stereocenters. The van der Waals surface area contributed by atoms with Crippen molar-refractivity contribution in [3.63, 3.8) is 0 Å². The number of nitrogen functional groups attached to an aromatic ring is 4. The Hall–Kier alpha value is -8.56. The van der Waals surface area contributed by atoms with E-state index in [9.17, 15) is 30.3 Å². The standard InChI is InChI=1S/C13H17N5O3.C13H15N5O2.C13H16N4O3.C12H13N5O3/c1-8-4-11(21-13(8,6-19)5-17-20)9-2-3-10-12(14)15-7-16-18(9)10;1-8-5-11(20-13(8,6-19)15-2)9-3-4-10-12(14)16-7-17-18(9)10;1-8-4-11(20-13(8,5-18)6-19)9-2-3-10-12(14)15-7-16-17(9)10;1-14-12(5-18)10(19)4-9(20-12)7-2-3-8-11(13)15-6-16-17(7)8/h2-3,5,7-8,11,19-20H,4,6H2,1H3,(H2,14,15,16);3-4,7-8,11,19H,5-6H2,1H3,(H2,14,16,17);2-3,5,7-8,11,19H,4,6H2,1H3,(H2,14,15,16);2-3,6,9-10,18-19H,4-5H2,(H2,13,15,16)/t3*8-,11+,13+;9-,10+,12-/m0001/s1. The van der Waals surface area contributed by atoms with Crippen molar-refractivity contribution in [2.45, 2.75) is 99.6 Å². The summed E-state index contributed by atoms with van der Waals surface area (Å²) in [6, 6.07) is 14.6. The molecular formula is C51H61N19O11. The van der Waals surface area contributed by atoms with E-state index in [1.165, 1.54) is 31.5 Å². The van der Waals surface area contributed by atoms with Gasteiger partial charge in [0.1, 0.15) is 89.6 Å². The van der Waals surface area contributed by atoms with Crippen LogP contribution < -0.4 is 22.9 Å². The Morgan fingerprint density at radius 2 is 0.877 bits per heavy atom. The Labute approximate surface area is 460 Å². The molecule has 30 heteroatoms. The minimum absolute atomic E-state index is 0.00636. The first-order valence-electron chi connectivity index (χ1n) is 25.5. The second-order valence-electron chi connectivity index (χ2n) is 20.2. The number of aliphatic hydroxyl groups is 5. The van der Waals surface area contributed by atoms with E-state index in [1.807, 2.05) is 57.2 Å². The Kier molecular flexibility index (Phi) is 16.1. The van der Waals surface area contributed by atoms with Crippen LogP contribution in [0.2, 0.25) is 0 Å². The van der Waals surface area contributed by atoms with E-state index in [-0.39, 0.29) is 62.3 Å². The van der Waals surface area contributed by atoms with Crippen LogP contribution in [0, 0.1) is 30.9 Å². The lowest BCUT2D eigenvalue weighted by atomic mass is 9.89. The Bertz CT molecular complexity index is 3550. The third-order valence-electron chi connectivity index (χ3n) is 15.7. The van der Waals surface area contributed by atoms with Gasteiger partial charge in [-0.25, -0.2) is 51.1 Å². The molecule has 0 bridgehead atoms. The van der Waals surface area contributed by atoms with Crippen LogP contribution in [0.3, 0.4) is 0 Å². The highest BCUT2D eigenvalue weighted by atomic mass is 16.6. The molecule has 0 saturated carbocycles. The number of carbonyl (C=O) groups excluding carboxylic acids is 1. The molecule has 12 rings (SSSR count). The summed E-state index contributed by atoms with van der Waals surface area (Å²) in [5, 5.41) is 76.3. The van der Waals surface area contributed by atoms with Crippen LogP contribution in [0.1, 0.15) is 93.6 Å². The summed E-state index contributed by atoms with van der Waals surface area (Å²) in [6.45, 7) is 18.7. The molecule has 8 aromatic heterocycles. The van der Waals surface area contributed by atoms with Gasteiger partial charge < -0.3 is 67.9 Å². The lowest BCUT2D eigenvalue weighted by Gasteiger charge is -2.25. The minimum Gasteiger partial charge on any atom is -0.411 e. The van der Waals surface area contributed by atoms with E-state index in [1.54, 1.807) is 30.2 Å². The van der Waals surface area contributed by atoms with Gasteiger partial charge in [-0.3, -0.25) is 19.2 Å². The van der Waals surface area contributed by atoms with Crippen molar-refractivity contribution >= 4 is 57.8 Å². The number of ether oxygens (including phenoxy) is 4. The molecule has 426 valence electrons. The number of aromatic nitrogens is 12. The number of aldehydes is 1. The first-order chi connectivity index (χ1) is 38.9. The summed E-state index contributed by atoms with van der Waals surface area (Å²) in [6.07, 6.45) is 7.11. The quantitative estimate of drug-likeness (QED) is 0.0306. The SMILES string of the molecule is C[C@H]1C[C@H](c2ccc3c(N)ncnn23)O[C@]1(C=NO)CO.C[C@H]1C[C@H](c2ccc3c(N)ncnn23)O[C@]1(C=O)CO.[C-]#[N+][C@]1(CO)O[C@@H](c2ccc3c(N)ncnn23)C[C@@H]1C.[C-]#[N+][C@]1(CO)O[C@@H](c2ccc3c(N)ncnn23)C[C@@H]1O. The second kappa shape index (κ2) is 22.9. The van der Waals surface area contributed by atoms with Crippen LogP contribution in [-0.2, 0) is 23.7 Å². The summed E-state index contributed by atoms with van der Waals surface area (Å²) in [5.41, 5.74) is 24.1. The average molecular weight is 1120 g/mol. The molecule has 0 aliphatic carbocycles. The normalized spacial score (nSPS) is 29.7. The van der Waals surface area contributed by atoms with Crippen molar-refractivity contribution in [3.8, 4) is 0 Å². The molecule has 4 aliphatic rings. The zero-order valence-electron chi connectivity index (χ0n) is 44.1. The van der Waals surface area contributed by atoms with Crippen molar-refractivity contribution in [3.05, 3.63) is 119 Å². The van der Waals surface area contributed by atoms with Gasteiger partial charge in [-0.1, -0.05) is 25.9 Å². The van der Waals surface area contributed by atoms with E-state index in [4.69, 9.17) is 60.2 Å². The zero-order valence-corrected chi connectivity index (χ0v) is 44.1. The lowest BCUT2D eigenvalue weighted by Crippen LogP contribution is -2.40. The van der Waals surface area contributed by atoms with E-state index in [2.05, 4.69) is 55.2 Å². The van der Waals surface area contributed by atoms with Gasteiger partial charge in [-0.2, -0.15) is 20.4 Å². The minimum atomic E-state index is -1.60. The second-order valence-corrected chi connectivity index (χ2v) is 20.2. The van der Waals surface area contributed by atoms with Crippen LogP contribution in [0.5, 0.6) is 0 Å². The van der Waals surface area contributed by atoms with E-state index in [0.29, 0.717) is 76.6 Å². The summed E-state index contributed by atoms with van der Waals surface area (Å²) in [5.74, 6) is 1.39. The molecule has 0 unspecified atom stereocenters. The molecule has 81 heavy (non-hydrogen) atoms. The van der Waals surface area contributed by atoms with Crippen LogP contribution >= 0.6 is 0 Å². The maximum atomic E-state index is 11.3. The number of oxime groups is 1. The lowest BCUT2D eigenvalue weighted by molar-refractivity contribution is -0.140. The molecule has 8 aromatic rings. The first kappa shape index (κ1) is 57.1. The highest BCUT2D eigenvalue weighted by Crippen LogP contribution is 2.47. The molecule has 0 radical (unpaired) electrons. The summed E-state index contributed by atoms with van der Waals surface area (Å²) < 4.78 is 29.8. The summed E-state index contributed by atoms with van der Waals surface area (Å²) in [7, 11) is 0. The molecule has 0 amide bonds. The van der Waals surface area contributed by atoms with Gasteiger partial charge in [0.2, 0.25) is 0 Å². The Morgan fingerprint density at radius 1 is 0.543 bits per heavy atom.